The molecule has 1 aliphatic rings. The summed E-state index contributed by atoms with van der Waals surface area (Å²) < 4.78 is 29.4. The molecule has 1 aliphatic heterocycles. The highest BCUT2D eigenvalue weighted by Crippen LogP contribution is 2.26. The van der Waals surface area contributed by atoms with Crippen LogP contribution < -0.4 is 5.32 Å². The topological polar surface area (TPSA) is 84.3 Å². The maximum Gasteiger partial charge on any atom is 0.224 e. The number of benzene rings is 2. The molecule has 1 N–H and O–H groups in total. The van der Waals surface area contributed by atoms with Gasteiger partial charge in [0.1, 0.15) is 5.82 Å². The molecule has 2 heterocycles. The standard InChI is InChI=1S/C24H26Cl2N4O3S/c1-17-27-10-12-30(17)23-7-3-2-5-19(23)14-28-24(31)20-6-4-11-29(15-20)34(32,33)16-18-8-9-21(25)22(26)13-18/h2-3,5,7-10,12-13,20H,4,6,11,14-16H2,1H3,(H,28,31)/t20-/m0/s1. The lowest BCUT2D eigenvalue weighted by Gasteiger charge is -2.31. The summed E-state index contributed by atoms with van der Waals surface area (Å²) in [6.07, 6.45) is 4.89. The van der Waals surface area contributed by atoms with Gasteiger partial charge in [-0.05, 0) is 49.1 Å². The van der Waals surface area contributed by atoms with E-state index in [4.69, 9.17) is 23.2 Å². The number of piperidine rings is 1. The van der Waals surface area contributed by atoms with Gasteiger partial charge in [-0.25, -0.2) is 17.7 Å². The molecule has 10 heteroatoms. The Morgan fingerprint density at radius 3 is 2.71 bits per heavy atom. The molecule has 1 amide bonds. The van der Waals surface area contributed by atoms with Crippen LogP contribution in [0.4, 0.5) is 0 Å². The fourth-order valence-corrected chi connectivity index (χ4v) is 6.11. The monoisotopic (exact) mass is 520 g/mol. The number of nitrogens with one attached hydrogen (secondary N) is 1. The third kappa shape index (κ3) is 5.63. The van der Waals surface area contributed by atoms with Gasteiger partial charge in [0.2, 0.25) is 15.9 Å². The highest BCUT2D eigenvalue weighted by atomic mass is 35.5. The number of hydrogen-bond donors (Lipinski definition) is 1. The van der Waals surface area contributed by atoms with E-state index in [1.165, 1.54) is 4.31 Å². The Morgan fingerprint density at radius 2 is 1.97 bits per heavy atom. The Morgan fingerprint density at radius 1 is 1.18 bits per heavy atom. The number of nitrogens with zero attached hydrogens (tertiary/aromatic N) is 3. The first kappa shape index (κ1) is 24.7. The minimum absolute atomic E-state index is 0.147. The van der Waals surface area contributed by atoms with Crippen LogP contribution >= 0.6 is 23.2 Å². The number of rotatable bonds is 7. The lowest BCUT2D eigenvalue weighted by Crippen LogP contribution is -2.45. The molecule has 1 fully saturated rings. The normalized spacial score (nSPS) is 17.0. The van der Waals surface area contributed by atoms with Crippen LogP contribution in [0, 0.1) is 12.8 Å². The Bertz CT molecular complexity index is 1290. The minimum atomic E-state index is -3.60. The van der Waals surface area contributed by atoms with Crippen molar-refractivity contribution in [3.63, 3.8) is 0 Å². The molecule has 1 saturated heterocycles. The molecule has 1 atom stereocenters. The van der Waals surface area contributed by atoms with Crippen LogP contribution in [0.25, 0.3) is 5.69 Å². The maximum atomic E-state index is 13.0. The number of hydrogen-bond acceptors (Lipinski definition) is 4. The van der Waals surface area contributed by atoms with Crippen LogP contribution in [0.2, 0.25) is 10.0 Å². The average molecular weight is 521 g/mol. The van der Waals surface area contributed by atoms with Gasteiger partial charge >= 0.3 is 0 Å². The lowest BCUT2D eigenvalue weighted by molar-refractivity contribution is -0.126. The van der Waals surface area contributed by atoms with Crippen molar-refractivity contribution in [2.45, 2.75) is 32.1 Å². The van der Waals surface area contributed by atoms with Crippen LogP contribution in [0.5, 0.6) is 0 Å². The van der Waals surface area contributed by atoms with Crippen LogP contribution in [-0.2, 0) is 27.1 Å². The smallest absolute Gasteiger partial charge is 0.224 e. The third-order valence-electron chi connectivity index (χ3n) is 6.01. The zero-order valence-electron chi connectivity index (χ0n) is 18.7. The number of amides is 1. The van der Waals surface area contributed by atoms with E-state index in [-0.39, 0.29) is 18.2 Å². The summed E-state index contributed by atoms with van der Waals surface area (Å²) in [6, 6.07) is 12.6. The van der Waals surface area contributed by atoms with Crippen molar-refractivity contribution < 1.29 is 13.2 Å². The zero-order valence-corrected chi connectivity index (χ0v) is 21.1. The van der Waals surface area contributed by atoms with E-state index in [0.29, 0.717) is 41.5 Å². The second-order valence-corrected chi connectivity index (χ2v) is 11.2. The highest BCUT2D eigenvalue weighted by Gasteiger charge is 2.32. The third-order valence-corrected chi connectivity index (χ3v) is 8.57. The van der Waals surface area contributed by atoms with Gasteiger partial charge in [-0.3, -0.25) is 4.79 Å². The largest absolute Gasteiger partial charge is 0.352 e. The molecular formula is C24H26Cl2N4O3S. The summed E-state index contributed by atoms with van der Waals surface area (Å²) in [4.78, 5) is 17.2. The van der Waals surface area contributed by atoms with E-state index in [0.717, 1.165) is 17.1 Å². The van der Waals surface area contributed by atoms with Crippen molar-refractivity contribution >= 4 is 39.1 Å². The van der Waals surface area contributed by atoms with Gasteiger partial charge in [0.15, 0.2) is 0 Å². The van der Waals surface area contributed by atoms with Crippen molar-refractivity contribution in [3.8, 4) is 5.69 Å². The summed E-state index contributed by atoms with van der Waals surface area (Å²) in [5.74, 6) is 0.121. The van der Waals surface area contributed by atoms with Crippen LogP contribution in [0.15, 0.2) is 54.9 Å². The molecule has 1 aromatic heterocycles. The summed E-state index contributed by atoms with van der Waals surface area (Å²) in [6.45, 7) is 2.83. The van der Waals surface area contributed by atoms with Crippen LogP contribution in [0.1, 0.15) is 29.8 Å². The number of imidazole rings is 1. The molecule has 0 spiro atoms. The number of carbonyl (C=O) groups excluding carboxylic acids is 1. The maximum absolute atomic E-state index is 13.0. The van der Waals surface area contributed by atoms with Gasteiger partial charge in [-0.1, -0.05) is 47.5 Å². The second-order valence-electron chi connectivity index (χ2n) is 8.39. The molecule has 0 aliphatic carbocycles. The van der Waals surface area contributed by atoms with Crippen molar-refractivity contribution in [2.24, 2.45) is 5.92 Å². The number of para-hydroxylation sites is 1. The number of carbonyl (C=O) groups is 1. The minimum Gasteiger partial charge on any atom is -0.352 e. The molecule has 34 heavy (non-hydrogen) atoms. The van der Waals surface area contributed by atoms with E-state index < -0.39 is 15.9 Å². The van der Waals surface area contributed by atoms with Crippen LogP contribution in [0.3, 0.4) is 0 Å². The SMILES string of the molecule is Cc1nccn1-c1ccccc1CNC(=O)[C@H]1CCCN(S(=O)(=O)Cc2ccc(Cl)c(Cl)c2)C1. The fraction of sp³-hybridized carbons (Fsp3) is 0.333. The van der Waals surface area contributed by atoms with E-state index >= 15 is 0 Å². The van der Waals surface area contributed by atoms with E-state index in [1.54, 1.807) is 24.4 Å². The Balaban J connectivity index is 1.40. The first-order valence-electron chi connectivity index (χ1n) is 11.0. The molecule has 3 aromatic rings. The molecule has 0 radical (unpaired) electrons. The van der Waals surface area contributed by atoms with Gasteiger partial charge in [-0.2, -0.15) is 0 Å². The molecule has 0 bridgehead atoms. The van der Waals surface area contributed by atoms with Gasteiger partial charge in [0.05, 0.1) is 27.4 Å². The van der Waals surface area contributed by atoms with Gasteiger partial charge in [-0.15, -0.1) is 0 Å². The molecule has 2 aromatic carbocycles. The van der Waals surface area contributed by atoms with E-state index in [9.17, 15) is 13.2 Å². The average Bonchev–Trinajstić information content (AvgIpc) is 3.25. The molecule has 0 saturated carbocycles. The van der Waals surface area contributed by atoms with Gasteiger partial charge < -0.3 is 9.88 Å². The number of halogens is 2. The number of sulfonamides is 1. The molecule has 180 valence electrons. The first-order chi connectivity index (χ1) is 16.2. The Hall–Kier alpha value is -2.39. The van der Waals surface area contributed by atoms with Crippen LogP contribution in [-0.4, -0.2) is 41.3 Å². The lowest BCUT2D eigenvalue weighted by atomic mass is 9.98. The second kappa shape index (κ2) is 10.5. The summed E-state index contributed by atoms with van der Waals surface area (Å²) in [7, 11) is -3.60. The summed E-state index contributed by atoms with van der Waals surface area (Å²) in [5.41, 5.74) is 2.47. The predicted molar refractivity (Wildman–Crippen MR) is 134 cm³/mol. The van der Waals surface area contributed by atoms with E-state index in [1.807, 2.05) is 42.0 Å². The van der Waals surface area contributed by atoms with E-state index in [2.05, 4.69) is 10.3 Å². The zero-order chi connectivity index (χ0) is 24.3. The molecular weight excluding hydrogens is 495 g/mol. The number of aryl methyl sites for hydroxylation is 1. The van der Waals surface area contributed by atoms with Gasteiger partial charge in [0, 0.05) is 32.0 Å². The Kier molecular flexibility index (Phi) is 7.62. The number of aromatic nitrogens is 2. The van der Waals surface area contributed by atoms with Crippen molar-refractivity contribution in [2.75, 3.05) is 13.1 Å². The summed E-state index contributed by atoms with van der Waals surface area (Å²) in [5, 5.41) is 3.69. The predicted octanol–water partition coefficient (Wildman–Crippen LogP) is 4.35. The van der Waals surface area contributed by atoms with Crippen molar-refractivity contribution in [3.05, 3.63) is 81.9 Å². The molecule has 7 nitrogen and oxygen atoms in total. The van der Waals surface area contributed by atoms with Crippen molar-refractivity contribution in [1.82, 2.24) is 19.2 Å². The first-order valence-corrected chi connectivity index (χ1v) is 13.4. The molecule has 4 rings (SSSR count). The molecule has 0 unspecified atom stereocenters. The fourth-order valence-electron chi connectivity index (χ4n) is 4.19. The quantitative estimate of drug-likeness (QED) is 0.501. The summed E-state index contributed by atoms with van der Waals surface area (Å²) >= 11 is 12.0. The highest BCUT2D eigenvalue weighted by molar-refractivity contribution is 7.88. The van der Waals surface area contributed by atoms with Gasteiger partial charge in [0.25, 0.3) is 0 Å². The Labute approximate surface area is 209 Å². The van der Waals surface area contributed by atoms with Crippen molar-refractivity contribution in [1.29, 1.82) is 0 Å².